The molecule has 0 bridgehead atoms. The van der Waals surface area contributed by atoms with Gasteiger partial charge in [-0.25, -0.2) is 0 Å². The predicted molar refractivity (Wildman–Crippen MR) is 27.7 cm³/mol. The van der Waals surface area contributed by atoms with Gasteiger partial charge in [0.15, 0.2) is 0 Å². The monoisotopic (exact) mass is 103 g/mol. The third-order valence-corrected chi connectivity index (χ3v) is 0.808. The van der Waals surface area contributed by atoms with Crippen molar-refractivity contribution in [1.82, 2.24) is 0 Å². The Hall–Kier alpha value is -0.240. The SMILES string of the molecule is C=CCC[S+]=O. The van der Waals surface area contributed by atoms with E-state index in [1.54, 1.807) is 6.08 Å². The highest BCUT2D eigenvalue weighted by molar-refractivity contribution is 7.65. The van der Waals surface area contributed by atoms with Crippen LogP contribution in [0.25, 0.3) is 0 Å². The fourth-order valence-corrected chi connectivity index (χ4v) is 0.394. The summed E-state index contributed by atoms with van der Waals surface area (Å²) in [4.78, 5) is 0. The molecule has 0 saturated heterocycles. The first-order valence-electron chi connectivity index (χ1n) is 1.77. The van der Waals surface area contributed by atoms with E-state index in [4.69, 9.17) is 0 Å². The van der Waals surface area contributed by atoms with Crippen LogP contribution < -0.4 is 0 Å². The Morgan fingerprint density at radius 1 is 1.83 bits per heavy atom. The molecular weight excluding hydrogens is 96.1 g/mol. The maximum absolute atomic E-state index is 9.56. The average Bonchev–Trinajstić information content (AvgIpc) is 1.61. The van der Waals surface area contributed by atoms with Gasteiger partial charge in [0.25, 0.3) is 0 Å². The van der Waals surface area contributed by atoms with Crippen molar-refractivity contribution in [3.63, 3.8) is 0 Å². The molecule has 0 aromatic heterocycles. The van der Waals surface area contributed by atoms with Gasteiger partial charge in [0, 0.05) is 10.6 Å². The Balaban J connectivity index is 2.66. The molecule has 0 saturated carbocycles. The Kier molecular flexibility index (Phi) is 4.57. The highest BCUT2D eigenvalue weighted by Gasteiger charge is 1.88. The summed E-state index contributed by atoms with van der Waals surface area (Å²) in [6.07, 6.45) is 2.57. The molecule has 0 radical (unpaired) electrons. The Morgan fingerprint density at radius 3 is 2.67 bits per heavy atom. The second kappa shape index (κ2) is 4.76. The zero-order chi connectivity index (χ0) is 4.83. The molecule has 0 spiro atoms. The second-order valence-corrected chi connectivity index (χ2v) is 1.54. The zero-order valence-electron chi connectivity index (χ0n) is 3.52. The van der Waals surface area contributed by atoms with E-state index in [0.29, 0.717) is 17.4 Å². The number of hydrogen-bond acceptors (Lipinski definition) is 1. The summed E-state index contributed by atoms with van der Waals surface area (Å²) in [5, 5.41) is 0. The van der Waals surface area contributed by atoms with Gasteiger partial charge >= 0.3 is 11.7 Å². The van der Waals surface area contributed by atoms with Crippen LogP contribution in [0.2, 0.25) is 0 Å². The molecule has 0 aliphatic carbocycles. The smallest absolute Gasteiger partial charge is 0.103 e. The highest BCUT2D eigenvalue weighted by Crippen LogP contribution is 1.74. The van der Waals surface area contributed by atoms with Crippen molar-refractivity contribution in [2.24, 2.45) is 0 Å². The maximum Gasteiger partial charge on any atom is 0.458 e. The molecule has 0 N–H and O–H groups in total. The van der Waals surface area contributed by atoms with Crippen LogP contribution in [0.3, 0.4) is 0 Å². The molecule has 0 aromatic rings. The highest BCUT2D eigenvalue weighted by atomic mass is 32.1. The molecular formula is C4H7OS+. The summed E-state index contributed by atoms with van der Waals surface area (Å²) in [5.41, 5.74) is 0. The van der Waals surface area contributed by atoms with Gasteiger partial charge < -0.3 is 0 Å². The molecule has 0 aromatic carbocycles. The number of rotatable bonds is 3. The van der Waals surface area contributed by atoms with Gasteiger partial charge in [-0.2, -0.15) is 0 Å². The second-order valence-electron chi connectivity index (χ2n) is 0.899. The maximum atomic E-state index is 9.56. The fourth-order valence-electron chi connectivity index (χ4n) is 0.131. The lowest BCUT2D eigenvalue weighted by atomic mass is 10.5. The van der Waals surface area contributed by atoms with E-state index < -0.39 is 0 Å². The van der Waals surface area contributed by atoms with Crippen LogP contribution in [-0.4, -0.2) is 5.75 Å². The quantitative estimate of drug-likeness (QED) is 0.296. The van der Waals surface area contributed by atoms with E-state index in [1.165, 1.54) is 0 Å². The van der Waals surface area contributed by atoms with Gasteiger partial charge in [0.2, 0.25) is 5.75 Å². The molecule has 0 heterocycles. The molecule has 0 atom stereocenters. The summed E-state index contributed by atoms with van der Waals surface area (Å²) >= 11 is 0.605. The summed E-state index contributed by atoms with van der Waals surface area (Å²) < 4.78 is 9.56. The van der Waals surface area contributed by atoms with Crippen molar-refractivity contribution in [2.75, 3.05) is 5.75 Å². The van der Waals surface area contributed by atoms with Gasteiger partial charge in [-0.05, 0) is 0 Å². The normalized spacial score (nSPS) is 7.33. The molecule has 6 heavy (non-hydrogen) atoms. The van der Waals surface area contributed by atoms with Crippen molar-refractivity contribution in [2.45, 2.75) is 6.42 Å². The topological polar surface area (TPSA) is 17.1 Å². The lowest BCUT2D eigenvalue weighted by Crippen LogP contribution is -1.72. The summed E-state index contributed by atoms with van der Waals surface area (Å²) in [6.45, 7) is 3.45. The van der Waals surface area contributed by atoms with Gasteiger partial charge in [0.05, 0.1) is 0 Å². The molecule has 0 aliphatic heterocycles. The first kappa shape index (κ1) is 5.76. The van der Waals surface area contributed by atoms with E-state index in [2.05, 4.69) is 6.58 Å². The van der Waals surface area contributed by atoms with Crippen molar-refractivity contribution < 1.29 is 4.21 Å². The van der Waals surface area contributed by atoms with Crippen molar-refractivity contribution >= 4 is 11.7 Å². The Bertz CT molecular complexity index is 43.5. The van der Waals surface area contributed by atoms with Crippen LogP contribution in [0.1, 0.15) is 6.42 Å². The zero-order valence-corrected chi connectivity index (χ0v) is 4.33. The summed E-state index contributed by atoms with van der Waals surface area (Å²) in [5.74, 6) is 0.656. The number of hydrogen-bond donors (Lipinski definition) is 0. The van der Waals surface area contributed by atoms with E-state index in [0.717, 1.165) is 6.42 Å². The van der Waals surface area contributed by atoms with E-state index in [9.17, 15) is 4.21 Å². The minimum Gasteiger partial charge on any atom is -0.103 e. The Morgan fingerprint density at radius 2 is 2.50 bits per heavy atom. The first-order valence-corrected chi connectivity index (χ1v) is 2.68. The largest absolute Gasteiger partial charge is 0.458 e. The van der Waals surface area contributed by atoms with Crippen LogP contribution in [0.4, 0.5) is 0 Å². The lowest BCUT2D eigenvalue weighted by molar-refractivity contribution is 0.605. The van der Waals surface area contributed by atoms with Crippen LogP contribution in [0.5, 0.6) is 0 Å². The summed E-state index contributed by atoms with van der Waals surface area (Å²) in [6, 6.07) is 0. The van der Waals surface area contributed by atoms with Gasteiger partial charge in [-0.1, -0.05) is 6.08 Å². The third kappa shape index (κ3) is 3.76. The summed E-state index contributed by atoms with van der Waals surface area (Å²) in [7, 11) is 0. The average molecular weight is 103 g/mol. The van der Waals surface area contributed by atoms with Crippen molar-refractivity contribution in [3.8, 4) is 0 Å². The number of allylic oxidation sites excluding steroid dienone is 1. The standard InChI is InChI=1S/C4H7OS/c1-2-3-4-6-5/h2H,1,3-4H2/q+1. The molecule has 0 amide bonds. The van der Waals surface area contributed by atoms with E-state index >= 15 is 0 Å². The van der Waals surface area contributed by atoms with Crippen LogP contribution in [-0.2, 0) is 15.9 Å². The molecule has 0 fully saturated rings. The third-order valence-electron chi connectivity index (χ3n) is 0.405. The minimum absolute atomic E-state index is 0.605. The molecule has 2 heteroatoms. The molecule has 0 aliphatic rings. The van der Waals surface area contributed by atoms with E-state index in [-0.39, 0.29) is 0 Å². The predicted octanol–water partition coefficient (Wildman–Crippen LogP) is 0.991. The minimum atomic E-state index is 0.605. The van der Waals surface area contributed by atoms with Crippen LogP contribution >= 0.6 is 0 Å². The van der Waals surface area contributed by atoms with Gasteiger partial charge in [-0.15, -0.1) is 6.58 Å². The van der Waals surface area contributed by atoms with Gasteiger partial charge in [0.1, 0.15) is 0 Å². The molecule has 34 valence electrons. The van der Waals surface area contributed by atoms with Crippen LogP contribution in [0, 0.1) is 0 Å². The van der Waals surface area contributed by atoms with Crippen molar-refractivity contribution in [3.05, 3.63) is 12.7 Å². The molecule has 0 rings (SSSR count). The first-order chi connectivity index (χ1) is 2.91. The van der Waals surface area contributed by atoms with Gasteiger partial charge in [-0.3, -0.25) is 0 Å². The van der Waals surface area contributed by atoms with Crippen molar-refractivity contribution in [1.29, 1.82) is 0 Å². The Labute approximate surface area is 41.6 Å². The molecule has 1 nitrogen and oxygen atoms in total. The molecule has 0 unspecified atom stereocenters. The van der Waals surface area contributed by atoms with E-state index in [1.807, 2.05) is 0 Å². The lowest BCUT2D eigenvalue weighted by Gasteiger charge is -1.61. The fraction of sp³-hybridized carbons (Fsp3) is 0.500. The van der Waals surface area contributed by atoms with Crippen LogP contribution in [0.15, 0.2) is 12.7 Å².